The van der Waals surface area contributed by atoms with Crippen molar-refractivity contribution in [1.29, 1.82) is 0 Å². The smallest absolute Gasteiger partial charge is 0.335 e. The Kier molecular flexibility index (Phi) is 4.29. The number of benzene rings is 2. The first-order chi connectivity index (χ1) is 9.47. The van der Waals surface area contributed by atoms with Crippen molar-refractivity contribution < 1.29 is 9.90 Å². The molecular weight excluding hydrogens is 320 g/mol. The summed E-state index contributed by atoms with van der Waals surface area (Å²) in [6, 6.07) is 12.7. The van der Waals surface area contributed by atoms with Crippen molar-refractivity contribution in [3.63, 3.8) is 0 Å². The minimum atomic E-state index is -0.956. The van der Waals surface area contributed by atoms with Crippen LogP contribution >= 0.6 is 15.9 Å². The highest BCUT2D eigenvalue weighted by molar-refractivity contribution is 9.10. The average Bonchev–Trinajstić information content (AvgIpc) is 2.38. The van der Waals surface area contributed by atoms with Gasteiger partial charge in [-0.2, -0.15) is 0 Å². The molecule has 0 aliphatic rings. The molecule has 0 spiro atoms. The first-order valence-corrected chi connectivity index (χ1v) is 6.85. The summed E-state index contributed by atoms with van der Waals surface area (Å²) in [7, 11) is 1.89. The summed E-state index contributed by atoms with van der Waals surface area (Å²) in [5.41, 5.74) is 8.55. The third-order valence-electron chi connectivity index (χ3n) is 3.00. The van der Waals surface area contributed by atoms with Crippen LogP contribution in [0, 0.1) is 0 Å². The highest BCUT2D eigenvalue weighted by Gasteiger charge is 2.10. The van der Waals surface area contributed by atoms with Crippen LogP contribution < -0.4 is 10.6 Å². The largest absolute Gasteiger partial charge is 0.478 e. The van der Waals surface area contributed by atoms with Crippen molar-refractivity contribution in [2.75, 3.05) is 17.7 Å². The van der Waals surface area contributed by atoms with Gasteiger partial charge in [0.05, 0.1) is 16.9 Å². The Morgan fingerprint density at radius 3 is 2.70 bits per heavy atom. The molecule has 2 aromatic rings. The lowest BCUT2D eigenvalue weighted by molar-refractivity contribution is 0.0697. The maximum atomic E-state index is 11.0. The lowest BCUT2D eigenvalue weighted by Crippen LogP contribution is -2.18. The van der Waals surface area contributed by atoms with Crippen LogP contribution in [0.2, 0.25) is 0 Å². The van der Waals surface area contributed by atoms with Gasteiger partial charge in [0, 0.05) is 18.1 Å². The molecule has 0 aliphatic heterocycles. The maximum Gasteiger partial charge on any atom is 0.335 e. The molecule has 2 aromatic carbocycles. The van der Waals surface area contributed by atoms with Gasteiger partial charge in [0.1, 0.15) is 0 Å². The maximum absolute atomic E-state index is 11.0. The zero-order chi connectivity index (χ0) is 14.7. The van der Waals surface area contributed by atoms with Crippen molar-refractivity contribution in [1.82, 2.24) is 0 Å². The van der Waals surface area contributed by atoms with Crippen molar-refractivity contribution in [3.8, 4) is 0 Å². The van der Waals surface area contributed by atoms with Crippen LogP contribution in [0.1, 0.15) is 15.9 Å². The number of carboxylic acids is 1. The topological polar surface area (TPSA) is 66.6 Å². The number of anilines is 2. The van der Waals surface area contributed by atoms with E-state index in [2.05, 4.69) is 15.9 Å². The number of carboxylic acid groups (broad SMARTS) is 1. The number of carbonyl (C=O) groups is 1. The van der Waals surface area contributed by atoms with Gasteiger partial charge in [-0.05, 0) is 35.9 Å². The molecule has 3 N–H and O–H groups in total. The Labute approximate surface area is 126 Å². The molecule has 0 radical (unpaired) electrons. The van der Waals surface area contributed by atoms with Crippen molar-refractivity contribution in [2.45, 2.75) is 6.54 Å². The quantitative estimate of drug-likeness (QED) is 0.841. The van der Waals surface area contributed by atoms with Crippen molar-refractivity contribution >= 4 is 33.3 Å². The van der Waals surface area contributed by atoms with Crippen LogP contribution in [0.5, 0.6) is 0 Å². The van der Waals surface area contributed by atoms with Crippen molar-refractivity contribution in [2.24, 2.45) is 0 Å². The van der Waals surface area contributed by atoms with E-state index in [1.807, 2.05) is 36.2 Å². The molecule has 0 fully saturated rings. The number of aromatic carboxylic acids is 1. The summed E-state index contributed by atoms with van der Waals surface area (Å²) in [6.07, 6.45) is 0. The van der Waals surface area contributed by atoms with Gasteiger partial charge in [-0.25, -0.2) is 4.79 Å². The summed E-state index contributed by atoms with van der Waals surface area (Å²) in [4.78, 5) is 13.0. The predicted octanol–water partition coefficient (Wildman–Crippen LogP) is 3.37. The molecular formula is C15H15BrN2O2. The number of hydrogen-bond acceptors (Lipinski definition) is 3. The van der Waals surface area contributed by atoms with Crippen LogP contribution in [-0.4, -0.2) is 18.1 Å². The third kappa shape index (κ3) is 3.30. The zero-order valence-electron chi connectivity index (χ0n) is 11.0. The number of nitrogen functional groups attached to an aromatic ring is 1. The van der Waals surface area contributed by atoms with Gasteiger partial charge in [-0.1, -0.05) is 28.1 Å². The van der Waals surface area contributed by atoms with Crippen LogP contribution in [0.3, 0.4) is 0 Å². The summed E-state index contributed by atoms with van der Waals surface area (Å²) in [5.74, 6) is -0.956. The second-order valence-corrected chi connectivity index (χ2v) is 5.48. The van der Waals surface area contributed by atoms with E-state index < -0.39 is 5.97 Å². The van der Waals surface area contributed by atoms with Gasteiger partial charge in [0.15, 0.2) is 0 Å². The van der Waals surface area contributed by atoms with E-state index in [0.717, 1.165) is 10.0 Å². The Bertz CT molecular complexity index is 644. The van der Waals surface area contributed by atoms with Gasteiger partial charge in [-0.3, -0.25) is 0 Å². The molecule has 0 heterocycles. The van der Waals surface area contributed by atoms with E-state index >= 15 is 0 Å². The minimum Gasteiger partial charge on any atom is -0.478 e. The lowest BCUT2D eigenvalue weighted by Gasteiger charge is -2.21. The predicted molar refractivity (Wildman–Crippen MR) is 84.1 cm³/mol. The fourth-order valence-corrected chi connectivity index (χ4v) is 2.45. The summed E-state index contributed by atoms with van der Waals surface area (Å²) in [5, 5.41) is 9.04. The van der Waals surface area contributed by atoms with E-state index in [4.69, 9.17) is 10.8 Å². The highest BCUT2D eigenvalue weighted by Crippen LogP contribution is 2.25. The Balaban J connectivity index is 2.26. The van der Waals surface area contributed by atoms with Crippen molar-refractivity contribution in [3.05, 3.63) is 58.1 Å². The molecule has 0 atom stereocenters. The Morgan fingerprint density at radius 1 is 1.30 bits per heavy atom. The molecule has 0 aromatic heterocycles. The SMILES string of the molecule is CN(Cc1cccc(Br)c1)c1cc(C(=O)O)ccc1N. The second kappa shape index (κ2) is 5.96. The number of rotatable bonds is 4. The standard InChI is InChI=1S/C15H15BrN2O2/c1-18(9-10-3-2-4-12(16)7-10)14-8-11(15(19)20)5-6-13(14)17/h2-8H,9,17H2,1H3,(H,19,20). The molecule has 0 amide bonds. The second-order valence-electron chi connectivity index (χ2n) is 4.56. The molecule has 4 nitrogen and oxygen atoms in total. The summed E-state index contributed by atoms with van der Waals surface area (Å²) >= 11 is 3.43. The van der Waals surface area contributed by atoms with E-state index in [0.29, 0.717) is 17.9 Å². The van der Waals surface area contributed by atoms with E-state index in [1.165, 1.54) is 6.07 Å². The zero-order valence-corrected chi connectivity index (χ0v) is 12.6. The number of halogens is 1. The summed E-state index contributed by atoms with van der Waals surface area (Å²) < 4.78 is 1.01. The van der Waals surface area contributed by atoms with Gasteiger partial charge >= 0.3 is 5.97 Å². The van der Waals surface area contributed by atoms with E-state index in [9.17, 15) is 4.79 Å². The van der Waals surface area contributed by atoms with Crippen LogP contribution in [-0.2, 0) is 6.54 Å². The molecule has 0 aliphatic carbocycles. The molecule has 0 unspecified atom stereocenters. The molecule has 104 valence electrons. The minimum absolute atomic E-state index is 0.232. The number of nitrogens with two attached hydrogens (primary N) is 1. The van der Waals surface area contributed by atoms with Gasteiger partial charge in [-0.15, -0.1) is 0 Å². The fraction of sp³-hybridized carbons (Fsp3) is 0.133. The van der Waals surface area contributed by atoms with Crippen LogP contribution in [0.25, 0.3) is 0 Å². The molecule has 20 heavy (non-hydrogen) atoms. The number of hydrogen-bond donors (Lipinski definition) is 2. The molecule has 0 bridgehead atoms. The van der Waals surface area contributed by atoms with E-state index in [-0.39, 0.29) is 5.56 Å². The van der Waals surface area contributed by atoms with Gasteiger partial charge in [0.2, 0.25) is 0 Å². The van der Waals surface area contributed by atoms with Crippen LogP contribution in [0.4, 0.5) is 11.4 Å². The highest BCUT2D eigenvalue weighted by atomic mass is 79.9. The normalized spacial score (nSPS) is 10.3. The molecule has 0 saturated heterocycles. The third-order valence-corrected chi connectivity index (χ3v) is 3.49. The van der Waals surface area contributed by atoms with E-state index in [1.54, 1.807) is 12.1 Å². The van der Waals surface area contributed by atoms with Gasteiger partial charge in [0.25, 0.3) is 0 Å². The van der Waals surface area contributed by atoms with Gasteiger partial charge < -0.3 is 15.7 Å². The molecule has 5 heteroatoms. The van der Waals surface area contributed by atoms with Crippen LogP contribution in [0.15, 0.2) is 46.9 Å². The first kappa shape index (κ1) is 14.4. The summed E-state index contributed by atoms with van der Waals surface area (Å²) in [6.45, 7) is 0.646. The first-order valence-electron chi connectivity index (χ1n) is 6.06. The molecule has 0 saturated carbocycles. The average molecular weight is 335 g/mol. The fourth-order valence-electron chi connectivity index (χ4n) is 2.00. The Hall–Kier alpha value is -2.01. The molecule has 2 rings (SSSR count). The monoisotopic (exact) mass is 334 g/mol. The number of nitrogens with zero attached hydrogens (tertiary/aromatic N) is 1. The lowest BCUT2D eigenvalue weighted by atomic mass is 10.1. The Morgan fingerprint density at radius 2 is 2.05 bits per heavy atom.